The molecule has 0 bridgehead atoms. The standard InChI is InChI=1S/C12H23BrO4/c1-2-3-4-5-6-15-7-8-16-9-10-17-12(14)11-13/h2-11H2,1H3. The minimum atomic E-state index is -0.263. The lowest BCUT2D eigenvalue weighted by molar-refractivity contribution is -0.141. The van der Waals surface area contributed by atoms with Crippen molar-refractivity contribution >= 4 is 21.9 Å². The summed E-state index contributed by atoms with van der Waals surface area (Å²) in [5.74, 6) is -0.263. The quantitative estimate of drug-likeness (QED) is 0.316. The number of halogens is 1. The largest absolute Gasteiger partial charge is 0.463 e. The van der Waals surface area contributed by atoms with Crippen LogP contribution in [0.5, 0.6) is 0 Å². The third-order valence-corrected chi connectivity index (χ3v) is 2.57. The highest BCUT2D eigenvalue weighted by Gasteiger charge is 1.98. The molecule has 0 spiro atoms. The fourth-order valence-electron chi connectivity index (χ4n) is 1.21. The monoisotopic (exact) mass is 310 g/mol. The Morgan fingerprint density at radius 1 is 0.941 bits per heavy atom. The molecule has 0 N–H and O–H groups in total. The van der Waals surface area contributed by atoms with Crippen LogP contribution >= 0.6 is 15.9 Å². The van der Waals surface area contributed by atoms with Gasteiger partial charge in [0.1, 0.15) is 11.9 Å². The third-order valence-electron chi connectivity index (χ3n) is 2.11. The van der Waals surface area contributed by atoms with E-state index in [1.165, 1.54) is 19.3 Å². The van der Waals surface area contributed by atoms with Crippen LogP contribution in [0.3, 0.4) is 0 Å². The van der Waals surface area contributed by atoms with Gasteiger partial charge in [0.05, 0.1) is 19.8 Å². The molecule has 0 fully saturated rings. The van der Waals surface area contributed by atoms with Crippen molar-refractivity contribution in [2.24, 2.45) is 0 Å². The lowest BCUT2D eigenvalue weighted by Crippen LogP contribution is -2.13. The van der Waals surface area contributed by atoms with Crippen molar-refractivity contribution in [1.29, 1.82) is 0 Å². The van der Waals surface area contributed by atoms with E-state index in [0.29, 0.717) is 26.4 Å². The van der Waals surface area contributed by atoms with Gasteiger partial charge in [-0.1, -0.05) is 42.1 Å². The summed E-state index contributed by atoms with van der Waals surface area (Å²) in [4.78, 5) is 10.7. The van der Waals surface area contributed by atoms with E-state index in [1.807, 2.05) is 0 Å². The zero-order valence-corrected chi connectivity index (χ0v) is 12.2. The summed E-state index contributed by atoms with van der Waals surface area (Å²) < 4.78 is 15.4. The molecular formula is C12H23BrO4. The van der Waals surface area contributed by atoms with E-state index in [1.54, 1.807) is 0 Å². The molecule has 17 heavy (non-hydrogen) atoms. The van der Waals surface area contributed by atoms with E-state index in [-0.39, 0.29) is 11.3 Å². The van der Waals surface area contributed by atoms with Crippen molar-refractivity contribution in [2.45, 2.75) is 32.6 Å². The summed E-state index contributed by atoms with van der Waals surface area (Å²) in [6.45, 7) is 4.90. The van der Waals surface area contributed by atoms with Crippen LogP contribution in [0.1, 0.15) is 32.6 Å². The van der Waals surface area contributed by atoms with Gasteiger partial charge in [0.25, 0.3) is 0 Å². The third kappa shape index (κ3) is 13.8. The van der Waals surface area contributed by atoms with Crippen LogP contribution in [-0.2, 0) is 19.0 Å². The summed E-state index contributed by atoms with van der Waals surface area (Å²) in [5, 5.41) is 0.230. The van der Waals surface area contributed by atoms with Crippen LogP contribution in [0.2, 0.25) is 0 Å². The molecule has 0 aliphatic carbocycles. The molecule has 0 saturated carbocycles. The van der Waals surface area contributed by atoms with E-state index in [0.717, 1.165) is 13.0 Å². The predicted octanol–water partition coefficient (Wildman–Crippen LogP) is 2.54. The first-order valence-electron chi connectivity index (χ1n) is 6.18. The van der Waals surface area contributed by atoms with Gasteiger partial charge in [-0.2, -0.15) is 0 Å². The number of alkyl halides is 1. The minimum Gasteiger partial charge on any atom is -0.463 e. The fraction of sp³-hybridized carbons (Fsp3) is 0.917. The molecule has 0 aromatic carbocycles. The summed E-state index contributed by atoms with van der Waals surface area (Å²) in [6, 6.07) is 0. The average Bonchev–Trinajstić information content (AvgIpc) is 2.35. The highest BCUT2D eigenvalue weighted by Crippen LogP contribution is 1.98. The summed E-state index contributed by atoms with van der Waals surface area (Å²) >= 11 is 3.01. The number of rotatable bonds is 12. The Labute approximate surface area is 112 Å². The zero-order chi connectivity index (χ0) is 12.8. The highest BCUT2D eigenvalue weighted by molar-refractivity contribution is 9.09. The van der Waals surface area contributed by atoms with Gasteiger partial charge in [-0.05, 0) is 6.42 Å². The summed E-state index contributed by atoms with van der Waals surface area (Å²) in [6.07, 6.45) is 4.88. The lowest BCUT2D eigenvalue weighted by Gasteiger charge is -2.06. The number of unbranched alkanes of at least 4 members (excludes halogenated alkanes) is 3. The summed E-state index contributed by atoms with van der Waals surface area (Å²) in [7, 11) is 0. The smallest absolute Gasteiger partial charge is 0.316 e. The minimum absolute atomic E-state index is 0.230. The number of ether oxygens (including phenoxy) is 3. The maximum absolute atomic E-state index is 10.7. The molecular weight excluding hydrogens is 288 g/mol. The van der Waals surface area contributed by atoms with Crippen LogP contribution in [0.15, 0.2) is 0 Å². The van der Waals surface area contributed by atoms with Crippen LogP contribution in [0.25, 0.3) is 0 Å². The van der Waals surface area contributed by atoms with Gasteiger partial charge in [0.15, 0.2) is 0 Å². The predicted molar refractivity (Wildman–Crippen MR) is 70.5 cm³/mol. The topological polar surface area (TPSA) is 44.8 Å². The molecule has 0 unspecified atom stereocenters. The molecule has 0 saturated heterocycles. The second-order valence-electron chi connectivity index (χ2n) is 3.64. The molecule has 0 aliphatic rings. The Kier molecular flexibility index (Phi) is 13.8. The first kappa shape index (κ1) is 16.9. The maximum atomic E-state index is 10.7. The van der Waals surface area contributed by atoms with Crippen LogP contribution in [0.4, 0.5) is 0 Å². The summed E-state index contributed by atoms with van der Waals surface area (Å²) in [5.41, 5.74) is 0. The van der Waals surface area contributed by atoms with Gasteiger partial charge < -0.3 is 14.2 Å². The van der Waals surface area contributed by atoms with Crippen molar-refractivity contribution in [3.05, 3.63) is 0 Å². The van der Waals surface area contributed by atoms with Gasteiger partial charge >= 0.3 is 5.97 Å². The Balaban J connectivity index is 2.96. The maximum Gasteiger partial charge on any atom is 0.316 e. The van der Waals surface area contributed by atoms with E-state index in [4.69, 9.17) is 14.2 Å². The SMILES string of the molecule is CCCCCCOCCOCCOC(=O)CBr. The molecule has 0 heterocycles. The zero-order valence-electron chi connectivity index (χ0n) is 10.6. The van der Waals surface area contributed by atoms with E-state index in [2.05, 4.69) is 22.9 Å². The van der Waals surface area contributed by atoms with E-state index in [9.17, 15) is 4.79 Å². The number of carbonyl (C=O) groups excluding carboxylic acids is 1. The molecule has 4 nitrogen and oxygen atoms in total. The van der Waals surface area contributed by atoms with Gasteiger partial charge in [0, 0.05) is 6.61 Å². The van der Waals surface area contributed by atoms with Crippen LogP contribution < -0.4 is 0 Å². The molecule has 0 aromatic rings. The van der Waals surface area contributed by atoms with E-state index < -0.39 is 0 Å². The van der Waals surface area contributed by atoms with Crippen LogP contribution in [-0.4, -0.2) is 44.3 Å². The highest BCUT2D eigenvalue weighted by atomic mass is 79.9. The molecule has 0 aromatic heterocycles. The Morgan fingerprint density at radius 3 is 2.24 bits per heavy atom. The number of esters is 1. The van der Waals surface area contributed by atoms with Crippen molar-refractivity contribution in [2.75, 3.05) is 38.4 Å². The number of hydrogen-bond donors (Lipinski definition) is 0. The Bertz CT molecular complexity index is 176. The van der Waals surface area contributed by atoms with Crippen LogP contribution in [0, 0.1) is 0 Å². The molecule has 0 aliphatic heterocycles. The molecule has 0 radical (unpaired) electrons. The fourth-order valence-corrected chi connectivity index (χ4v) is 1.37. The molecule has 0 rings (SSSR count). The molecule has 0 atom stereocenters. The number of hydrogen-bond acceptors (Lipinski definition) is 4. The number of carbonyl (C=O) groups is 1. The average molecular weight is 311 g/mol. The molecule has 102 valence electrons. The van der Waals surface area contributed by atoms with Gasteiger partial charge in [0.2, 0.25) is 0 Å². The van der Waals surface area contributed by atoms with Crippen molar-refractivity contribution in [3.63, 3.8) is 0 Å². The van der Waals surface area contributed by atoms with Gasteiger partial charge in [-0.3, -0.25) is 4.79 Å². The second-order valence-corrected chi connectivity index (χ2v) is 4.20. The normalized spacial score (nSPS) is 10.5. The van der Waals surface area contributed by atoms with Crippen molar-refractivity contribution in [3.8, 4) is 0 Å². The Morgan fingerprint density at radius 2 is 1.59 bits per heavy atom. The van der Waals surface area contributed by atoms with Gasteiger partial charge in [-0.25, -0.2) is 0 Å². The first-order chi connectivity index (χ1) is 8.31. The second kappa shape index (κ2) is 13.9. The molecule has 5 heteroatoms. The lowest BCUT2D eigenvalue weighted by atomic mass is 10.2. The first-order valence-corrected chi connectivity index (χ1v) is 7.30. The van der Waals surface area contributed by atoms with E-state index >= 15 is 0 Å². The van der Waals surface area contributed by atoms with Crippen molar-refractivity contribution in [1.82, 2.24) is 0 Å². The Hall–Kier alpha value is -0.130. The molecule has 0 amide bonds. The van der Waals surface area contributed by atoms with Gasteiger partial charge in [-0.15, -0.1) is 0 Å². The van der Waals surface area contributed by atoms with Crippen molar-refractivity contribution < 1.29 is 19.0 Å².